The van der Waals surface area contributed by atoms with Gasteiger partial charge in [-0.15, -0.1) is 11.6 Å². The number of aromatic nitrogens is 2. The summed E-state index contributed by atoms with van der Waals surface area (Å²) >= 11 is 11.7. The fourth-order valence-electron chi connectivity index (χ4n) is 1.69. The molecule has 0 bridgehead atoms. The lowest BCUT2D eigenvalue weighted by Crippen LogP contribution is -2.24. The number of hydrogen-bond acceptors (Lipinski definition) is 3. The Morgan fingerprint density at radius 2 is 2.11 bits per heavy atom. The van der Waals surface area contributed by atoms with Crippen LogP contribution in [0.3, 0.4) is 0 Å². The van der Waals surface area contributed by atoms with Crippen molar-refractivity contribution < 1.29 is 9.53 Å². The van der Waals surface area contributed by atoms with Crippen LogP contribution in [0.25, 0.3) is 11.0 Å². The van der Waals surface area contributed by atoms with Crippen molar-refractivity contribution in [1.82, 2.24) is 9.97 Å². The summed E-state index contributed by atoms with van der Waals surface area (Å²) in [6.45, 7) is 5.42. The number of hydrogen-bond donors (Lipinski definition) is 1. The maximum absolute atomic E-state index is 12.2. The summed E-state index contributed by atoms with van der Waals surface area (Å²) in [5, 5.41) is 0.443. The Morgan fingerprint density at radius 1 is 1.42 bits per heavy atom. The molecule has 0 radical (unpaired) electrons. The number of rotatable bonds is 2. The van der Waals surface area contributed by atoms with Crippen molar-refractivity contribution in [3.8, 4) is 0 Å². The van der Waals surface area contributed by atoms with Crippen LogP contribution in [0.5, 0.6) is 0 Å². The van der Waals surface area contributed by atoms with Crippen LogP contribution in [0.4, 0.5) is 0 Å². The van der Waals surface area contributed by atoms with Gasteiger partial charge in [0.2, 0.25) is 0 Å². The minimum absolute atomic E-state index is 0.236. The van der Waals surface area contributed by atoms with E-state index in [1.807, 2.05) is 0 Å². The number of nitrogens with zero attached hydrogens (tertiary/aromatic N) is 1. The van der Waals surface area contributed by atoms with Crippen LogP contribution in [0.15, 0.2) is 12.1 Å². The van der Waals surface area contributed by atoms with E-state index in [0.29, 0.717) is 27.4 Å². The molecule has 0 amide bonds. The van der Waals surface area contributed by atoms with Gasteiger partial charge in [-0.05, 0) is 32.9 Å². The van der Waals surface area contributed by atoms with Crippen LogP contribution < -0.4 is 0 Å². The largest absolute Gasteiger partial charge is 0.456 e. The molecule has 102 valence electrons. The van der Waals surface area contributed by atoms with Crippen molar-refractivity contribution in [1.29, 1.82) is 0 Å². The Labute approximate surface area is 121 Å². The van der Waals surface area contributed by atoms with E-state index in [9.17, 15) is 4.79 Å². The predicted molar refractivity (Wildman–Crippen MR) is 75.8 cm³/mol. The number of alkyl halides is 1. The van der Waals surface area contributed by atoms with Crippen molar-refractivity contribution in [2.24, 2.45) is 0 Å². The van der Waals surface area contributed by atoms with E-state index < -0.39 is 11.6 Å². The summed E-state index contributed by atoms with van der Waals surface area (Å²) in [7, 11) is 0. The second-order valence-corrected chi connectivity index (χ2v) is 5.87. The summed E-state index contributed by atoms with van der Waals surface area (Å²) < 4.78 is 5.35. The summed E-state index contributed by atoms with van der Waals surface area (Å²) in [6, 6.07) is 3.25. The molecule has 1 N–H and O–H groups in total. The number of imidazole rings is 1. The topological polar surface area (TPSA) is 55.0 Å². The van der Waals surface area contributed by atoms with Crippen LogP contribution in [-0.4, -0.2) is 21.5 Å². The second kappa shape index (κ2) is 5.02. The van der Waals surface area contributed by atoms with Gasteiger partial charge >= 0.3 is 5.97 Å². The van der Waals surface area contributed by atoms with Crippen molar-refractivity contribution in [3.63, 3.8) is 0 Å². The van der Waals surface area contributed by atoms with Crippen molar-refractivity contribution >= 4 is 40.2 Å². The fourth-order valence-corrected chi connectivity index (χ4v) is 2.03. The summed E-state index contributed by atoms with van der Waals surface area (Å²) in [4.78, 5) is 19.4. The van der Waals surface area contributed by atoms with E-state index >= 15 is 0 Å². The lowest BCUT2D eigenvalue weighted by atomic mass is 10.1. The first-order valence-corrected chi connectivity index (χ1v) is 6.69. The molecule has 0 saturated carbocycles. The van der Waals surface area contributed by atoms with Gasteiger partial charge in [-0.25, -0.2) is 9.78 Å². The van der Waals surface area contributed by atoms with Gasteiger partial charge in [-0.1, -0.05) is 11.6 Å². The van der Waals surface area contributed by atoms with Crippen LogP contribution in [0, 0.1) is 0 Å². The van der Waals surface area contributed by atoms with E-state index in [1.54, 1.807) is 32.9 Å². The van der Waals surface area contributed by atoms with Gasteiger partial charge in [-0.2, -0.15) is 0 Å². The predicted octanol–water partition coefficient (Wildman–Crippen LogP) is 3.91. The molecule has 0 unspecified atom stereocenters. The average molecular weight is 301 g/mol. The molecule has 2 rings (SSSR count). The summed E-state index contributed by atoms with van der Waals surface area (Å²) in [5.74, 6) is 0.372. The molecule has 0 spiro atoms. The summed E-state index contributed by atoms with van der Waals surface area (Å²) in [5.41, 5.74) is 0.959. The second-order valence-electron chi connectivity index (χ2n) is 5.17. The molecule has 0 fully saturated rings. The Bertz CT molecular complexity index is 629. The normalized spacial score (nSPS) is 11.8. The lowest BCUT2D eigenvalue weighted by molar-refractivity contribution is 0.00716. The highest BCUT2D eigenvalue weighted by Crippen LogP contribution is 2.25. The van der Waals surface area contributed by atoms with Gasteiger partial charge in [0.15, 0.2) is 0 Å². The molecule has 19 heavy (non-hydrogen) atoms. The maximum atomic E-state index is 12.2. The monoisotopic (exact) mass is 300 g/mol. The molecule has 4 nitrogen and oxygen atoms in total. The van der Waals surface area contributed by atoms with E-state index in [1.165, 1.54) is 0 Å². The molecule has 0 aliphatic rings. The number of carbonyl (C=O) groups excluding carboxylic acids is 1. The number of benzene rings is 1. The SMILES string of the molecule is CC(C)(C)OC(=O)c1cc(Cl)cc2[nH]c(CCl)nc12. The highest BCUT2D eigenvalue weighted by molar-refractivity contribution is 6.32. The van der Waals surface area contributed by atoms with Crippen molar-refractivity contribution in [3.05, 3.63) is 28.5 Å². The van der Waals surface area contributed by atoms with E-state index in [2.05, 4.69) is 9.97 Å². The number of fused-ring (bicyclic) bond motifs is 1. The number of nitrogens with one attached hydrogen (secondary N) is 1. The first-order valence-electron chi connectivity index (χ1n) is 5.77. The maximum Gasteiger partial charge on any atom is 0.340 e. The first-order chi connectivity index (χ1) is 8.80. The van der Waals surface area contributed by atoms with Gasteiger partial charge in [-0.3, -0.25) is 0 Å². The van der Waals surface area contributed by atoms with Crippen molar-refractivity contribution in [2.45, 2.75) is 32.3 Å². The number of H-pyrrole nitrogens is 1. The molecular weight excluding hydrogens is 287 g/mol. The Morgan fingerprint density at radius 3 is 2.68 bits per heavy atom. The van der Waals surface area contributed by atoms with Crippen LogP contribution in [0.1, 0.15) is 37.0 Å². The average Bonchev–Trinajstić information content (AvgIpc) is 2.68. The molecule has 1 heterocycles. The molecule has 0 saturated heterocycles. The molecular formula is C13H14Cl2N2O2. The molecule has 0 aliphatic heterocycles. The quantitative estimate of drug-likeness (QED) is 0.676. The molecule has 0 atom stereocenters. The zero-order valence-corrected chi connectivity index (χ0v) is 12.4. The molecule has 1 aromatic heterocycles. The van der Waals surface area contributed by atoms with Gasteiger partial charge in [0.05, 0.1) is 17.0 Å². The number of ether oxygens (including phenoxy) is 1. The molecule has 0 aliphatic carbocycles. The third-order valence-electron chi connectivity index (χ3n) is 2.35. The fraction of sp³-hybridized carbons (Fsp3) is 0.385. The Hall–Kier alpha value is -1.26. The molecule has 2 aromatic rings. The minimum Gasteiger partial charge on any atom is -0.456 e. The van der Waals surface area contributed by atoms with Crippen LogP contribution in [-0.2, 0) is 10.6 Å². The first kappa shape index (κ1) is 14.2. The van der Waals surface area contributed by atoms with E-state index in [-0.39, 0.29) is 5.88 Å². The highest BCUT2D eigenvalue weighted by atomic mass is 35.5. The highest BCUT2D eigenvalue weighted by Gasteiger charge is 2.21. The molecule has 1 aromatic carbocycles. The minimum atomic E-state index is -0.572. The number of halogens is 2. The van der Waals surface area contributed by atoms with Gasteiger partial charge in [0, 0.05) is 5.02 Å². The number of aromatic amines is 1. The third-order valence-corrected chi connectivity index (χ3v) is 2.82. The van der Waals surface area contributed by atoms with E-state index in [4.69, 9.17) is 27.9 Å². The van der Waals surface area contributed by atoms with Gasteiger partial charge in [0.1, 0.15) is 16.9 Å². The summed E-state index contributed by atoms with van der Waals surface area (Å²) in [6.07, 6.45) is 0. The zero-order valence-electron chi connectivity index (χ0n) is 10.9. The number of carbonyl (C=O) groups is 1. The smallest absolute Gasteiger partial charge is 0.340 e. The standard InChI is InChI=1S/C13H14Cl2N2O2/c1-13(2,3)19-12(18)8-4-7(15)5-9-11(8)17-10(6-14)16-9/h4-5H,6H2,1-3H3,(H,16,17). The lowest BCUT2D eigenvalue weighted by Gasteiger charge is -2.19. The van der Waals surface area contributed by atoms with Crippen LogP contribution in [0.2, 0.25) is 5.02 Å². The van der Waals surface area contributed by atoms with E-state index in [0.717, 1.165) is 0 Å². The zero-order chi connectivity index (χ0) is 14.2. The molecule has 6 heteroatoms. The van der Waals surface area contributed by atoms with Gasteiger partial charge in [0.25, 0.3) is 0 Å². The Balaban J connectivity index is 2.52. The van der Waals surface area contributed by atoms with Crippen molar-refractivity contribution in [2.75, 3.05) is 0 Å². The van der Waals surface area contributed by atoms with Crippen LogP contribution >= 0.6 is 23.2 Å². The van der Waals surface area contributed by atoms with Gasteiger partial charge < -0.3 is 9.72 Å². The number of esters is 1. The third kappa shape index (κ3) is 3.19. The Kier molecular flexibility index (Phi) is 3.74.